The lowest BCUT2D eigenvalue weighted by molar-refractivity contribution is -0.163. The highest BCUT2D eigenvalue weighted by Gasteiger charge is 2.17. The summed E-state index contributed by atoms with van der Waals surface area (Å²) in [5, 5.41) is 0. The van der Waals surface area contributed by atoms with E-state index >= 15 is 0 Å². The van der Waals surface area contributed by atoms with Crippen molar-refractivity contribution in [2.24, 2.45) is 0 Å². The third-order valence-corrected chi connectivity index (χ3v) is 12.1. The Balaban J connectivity index is 3.97. The van der Waals surface area contributed by atoms with Crippen LogP contribution in [0.15, 0.2) is 0 Å². The van der Waals surface area contributed by atoms with Gasteiger partial charge in [-0.1, -0.05) is 271 Å². The number of unbranched alkanes of at least 4 members (excludes halogenated alkanes) is 39. The first kappa shape index (κ1) is 56.9. The summed E-state index contributed by atoms with van der Waals surface area (Å²) in [6.45, 7) is 7.87. The van der Waals surface area contributed by atoms with Crippen molar-refractivity contribution >= 4 is 11.9 Å². The van der Waals surface area contributed by atoms with E-state index in [0.29, 0.717) is 26.1 Å². The number of carbonyl (C=O) groups excluding carboxylic acids is 2. The first-order valence-corrected chi connectivity index (χ1v) is 26.6. The van der Waals surface area contributed by atoms with Crippen LogP contribution in [0.3, 0.4) is 0 Å². The fraction of sp³-hybridized carbons (Fsp3) is 0.962. The van der Waals surface area contributed by atoms with Gasteiger partial charge in [0.15, 0.2) is 6.10 Å². The van der Waals surface area contributed by atoms with Crippen molar-refractivity contribution in [3.8, 4) is 0 Å². The number of hydrogen-bond acceptors (Lipinski definition) is 5. The van der Waals surface area contributed by atoms with Gasteiger partial charge in [0.05, 0.1) is 6.61 Å². The van der Waals surface area contributed by atoms with Gasteiger partial charge < -0.3 is 14.2 Å². The predicted molar refractivity (Wildman–Crippen MR) is 252 cm³/mol. The second kappa shape index (κ2) is 50.3. The Morgan fingerprint density at radius 1 is 0.310 bits per heavy atom. The van der Waals surface area contributed by atoms with Gasteiger partial charge in [-0.25, -0.2) is 0 Å². The minimum absolute atomic E-state index is 0.0965. The van der Waals surface area contributed by atoms with Crippen LogP contribution in [0.2, 0.25) is 0 Å². The lowest BCUT2D eigenvalue weighted by Gasteiger charge is -2.18. The van der Waals surface area contributed by atoms with Crippen LogP contribution in [0.5, 0.6) is 0 Å². The van der Waals surface area contributed by atoms with Crippen molar-refractivity contribution in [3.05, 3.63) is 0 Å². The van der Waals surface area contributed by atoms with E-state index in [4.69, 9.17) is 14.2 Å². The van der Waals surface area contributed by atoms with E-state index in [-0.39, 0.29) is 18.5 Å². The summed E-state index contributed by atoms with van der Waals surface area (Å²) < 4.78 is 17.3. The summed E-state index contributed by atoms with van der Waals surface area (Å²) in [6, 6.07) is 0. The standard InChI is InChI=1S/C53H104O5/c1-4-7-10-13-16-18-20-22-24-26-27-29-30-32-34-36-38-40-43-46-52(54)57-50-51(49-56-48-45-42-15-12-9-6-3)58-53(55)47-44-41-39-37-35-33-31-28-25-23-21-19-17-14-11-8-5-2/h51H,4-50H2,1-3H3. The highest BCUT2D eigenvalue weighted by Crippen LogP contribution is 2.17. The Labute approximate surface area is 363 Å². The molecule has 1 atom stereocenters. The van der Waals surface area contributed by atoms with Crippen LogP contribution < -0.4 is 0 Å². The smallest absolute Gasteiger partial charge is 0.306 e. The van der Waals surface area contributed by atoms with Gasteiger partial charge in [-0.2, -0.15) is 0 Å². The molecular formula is C53H104O5. The first-order chi connectivity index (χ1) is 28.6. The molecule has 0 amide bonds. The molecule has 0 radical (unpaired) electrons. The summed E-state index contributed by atoms with van der Waals surface area (Å²) in [7, 11) is 0. The van der Waals surface area contributed by atoms with Crippen LogP contribution in [0.4, 0.5) is 0 Å². The maximum atomic E-state index is 12.7. The largest absolute Gasteiger partial charge is 0.462 e. The van der Waals surface area contributed by atoms with Gasteiger partial charge in [-0.3, -0.25) is 9.59 Å². The molecule has 0 aromatic heterocycles. The van der Waals surface area contributed by atoms with Gasteiger partial charge in [0.1, 0.15) is 6.61 Å². The molecule has 0 aliphatic carbocycles. The fourth-order valence-electron chi connectivity index (χ4n) is 8.16. The average molecular weight is 821 g/mol. The molecule has 0 bridgehead atoms. The third-order valence-electron chi connectivity index (χ3n) is 12.1. The Bertz CT molecular complexity index is 799. The number of hydrogen-bond donors (Lipinski definition) is 0. The van der Waals surface area contributed by atoms with Crippen molar-refractivity contribution in [3.63, 3.8) is 0 Å². The zero-order valence-corrected chi connectivity index (χ0v) is 39.9. The minimum atomic E-state index is -0.521. The van der Waals surface area contributed by atoms with Crippen molar-refractivity contribution in [1.29, 1.82) is 0 Å². The van der Waals surface area contributed by atoms with Gasteiger partial charge in [0.25, 0.3) is 0 Å². The van der Waals surface area contributed by atoms with Gasteiger partial charge >= 0.3 is 11.9 Å². The second-order valence-corrected chi connectivity index (χ2v) is 18.2. The summed E-state index contributed by atoms with van der Waals surface area (Å²) in [5.41, 5.74) is 0. The average Bonchev–Trinajstić information content (AvgIpc) is 3.22. The second-order valence-electron chi connectivity index (χ2n) is 18.2. The molecule has 0 heterocycles. The molecule has 0 aromatic carbocycles. The first-order valence-electron chi connectivity index (χ1n) is 26.6. The molecule has 0 aliphatic heterocycles. The van der Waals surface area contributed by atoms with E-state index in [1.54, 1.807) is 0 Å². The van der Waals surface area contributed by atoms with E-state index in [2.05, 4.69) is 20.8 Å². The molecule has 346 valence electrons. The third kappa shape index (κ3) is 47.6. The Hall–Kier alpha value is -1.10. The van der Waals surface area contributed by atoms with Crippen LogP contribution in [0, 0.1) is 0 Å². The van der Waals surface area contributed by atoms with Crippen LogP contribution in [0.25, 0.3) is 0 Å². The number of ether oxygens (including phenoxy) is 3. The van der Waals surface area contributed by atoms with E-state index < -0.39 is 6.10 Å². The maximum absolute atomic E-state index is 12.7. The molecule has 0 aromatic rings. The number of rotatable bonds is 50. The molecule has 0 rings (SSSR count). The lowest BCUT2D eigenvalue weighted by Crippen LogP contribution is -2.30. The number of esters is 2. The highest BCUT2D eigenvalue weighted by atomic mass is 16.6. The molecule has 0 fully saturated rings. The topological polar surface area (TPSA) is 61.8 Å². The molecular weight excluding hydrogens is 717 g/mol. The van der Waals surface area contributed by atoms with Crippen molar-refractivity contribution < 1.29 is 23.8 Å². The molecule has 5 heteroatoms. The molecule has 58 heavy (non-hydrogen) atoms. The van der Waals surface area contributed by atoms with Crippen molar-refractivity contribution in [1.82, 2.24) is 0 Å². The quantitative estimate of drug-likeness (QED) is 0.0452. The molecule has 0 N–H and O–H groups in total. The molecule has 1 unspecified atom stereocenters. The monoisotopic (exact) mass is 821 g/mol. The van der Waals surface area contributed by atoms with Crippen LogP contribution in [-0.4, -0.2) is 37.9 Å². The van der Waals surface area contributed by atoms with Gasteiger partial charge in [0, 0.05) is 19.4 Å². The van der Waals surface area contributed by atoms with E-state index in [9.17, 15) is 9.59 Å². The van der Waals surface area contributed by atoms with Gasteiger partial charge in [0.2, 0.25) is 0 Å². The van der Waals surface area contributed by atoms with E-state index in [1.165, 1.54) is 231 Å². The molecule has 5 nitrogen and oxygen atoms in total. The SMILES string of the molecule is CCCCCCCCCCCCCCCCCCCCCC(=O)OCC(COCCCCCCCC)OC(=O)CCCCCCCCCCCCCCCCCCC. The summed E-state index contributed by atoms with van der Waals surface area (Å²) >= 11 is 0. The van der Waals surface area contributed by atoms with Gasteiger partial charge in [-0.05, 0) is 19.3 Å². The summed E-state index contributed by atoms with van der Waals surface area (Å²) in [6.07, 6.45) is 55.6. The Morgan fingerprint density at radius 3 is 0.879 bits per heavy atom. The maximum Gasteiger partial charge on any atom is 0.306 e. The minimum Gasteiger partial charge on any atom is -0.462 e. The van der Waals surface area contributed by atoms with Crippen LogP contribution in [-0.2, 0) is 23.8 Å². The molecule has 0 spiro atoms. The normalized spacial score (nSPS) is 12.0. The fourth-order valence-corrected chi connectivity index (χ4v) is 8.16. The highest BCUT2D eigenvalue weighted by molar-refractivity contribution is 5.70. The zero-order chi connectivity index (χ0) is 42.1. The van der Waals surface area contributed by atoms with E-state index in [1.807, 2.05) is 0 Å². The van der Waals surface area contributed by atoms with Crippen LogP contribution in [0.1, 0.15) is 303 Å². The molecule has 0 saturated carbocycles. The number of carbonyl (C=O) groups is 2. The predicted octanol–water partition coefficient (Wildman–Crippen LogP) is 17.7. The molecule has 0 saturated heterocycles. The zero-order valence-electron chi connectivity index (χ0n) is 39.9. The Kier molecular flexibility index (Phi) is 49.3. The lowest BCUT2D eigenvalue weighted by atomic mass is 10.0. The van der Waals surface area contributed by atoms with Crippen molar-refractivity contribution in [2.45, 2.75) is 309 Å². The summed E-state index contributed by atoms with van der Waals surface area (Å²) in [5.74, 6) is -0.374. The van der Waals surface area contributed by atoms with Crippen molar-refractivity contribution in [2.75, 3.05) is 19.8 Å². The summed E-state index contributed by atoms with van der Waals surface area (Å²) in [4.78, 5) is 25.3. The van der Waals surface area contributed by atoms with E-state index in [0.717, 1.165) is 38.5 Å². The Morgan fingerprint density at radius 2 is 0.569 bits per heavy atom. The van der Waals surface area contributed by atoms with Gasteiger partial charge in [-0.15, -0.1) is 0 Å². The van der Waals surface area contributed by atoms with Crippen LogP contribution >= 0.6 is 0 Å². The molecule has 0 aliphatic rings.